The molecular formula is C17H24BrNO2. The average Bonchev–Trinajstić information content (AvgIpc) is 2.48. The maximum Gasteiger partial charge on any atom is 0.251 e. The predicted molar refractivity (Wildman–Crippen MR) is 89.3 cm³/mol. The zero-order valence-corrected chi connectivity index (χ0v) is 14.4. The number of nitrogens with one attached hydrogen (secondary N) is 1. The second-order valence-corrected chi connectivity index (χ2v) is 6.68. The second-order valence-electron chi connectivity index (χ2n) is 6.12. The molecule has 0 heterocycles. The Morgan fingerprint density at radius 1 is 1.33 bits per heavy atom. The molecule has 1 aromatic rings. The van der Waals surface area contributed by atoms with E-state index in [2.05, 4.69) is 21.2 Å². The molecule has 1 fully saturated rings. The van der Waals surface area contributed by atoms with Gasteiger partial charge in [0.1, 0.15) is 5.75 Å². The van der Waals surface area contributed by atoms with E-state index in [1.165, 1.54) is 19.3 Å². The van der Waals surface area contributed by atoms with Gasteiger partial charge in [-0.15, -0.1) is 0 Å². The molecule has 1 amide bonds. The minimum absolute atomic E-state index is 0.00874. The van der Waals surface area contributed by atoms with Gasteiger partial charge in [0.05, 0.1) is 11.6 Å². The largest absolute Gasteiger partial charge is 0.491 e. The molecule has 1 aliphatic carbocycles. The van der Waals surface area contributed by atoms with Gasteiger partial charge in [-0.1, -0.05) is 41.3 Å². The normalized spacial score (nSPS) is 17.5. The molecule has 1 N–H and O–H groups in total. The summed E-state index contributed by atoms with van der Waals surface area (Å²) in [6.07, 6.45) is 5.83. The summed E-state index contributed by atoms with van der Waals surface area (Å²) in [5.41, 5.74) is 0.573. The van der Waals surface area contributed by atoms with Crippen LogP contribution in [0, 0.1) is 0 Å². The molecule has 21 heavy (non-hydrogen) atoms. The standard InChI is InChI=1S/C17H24BrNO2/c1-13(2)21-15-8-6-7-14(11-15)16(20)19-17(12-18)9-4-3-5-10-17/h6-8,11,13H,3-5,9-10,12H2,1-2H3,(H,19,20). The van der Waals surface area contributed by atoms with E-state index in [9.17, 15) is 4.79 Å². The number of hydrogen-bond donors (Lipinski definition) is 1. The number of benzene rings is 1. The van der Waals surface area contributed by atoms with Gasteiger partial charge in [-0.3, -0.25) is 4.79 Å². The lowest BCUT2D eigenvalue weighted by atomic mass is 9.83. The van der Waals surface area contributed by atoms with Crippen LogP contribution in [0.5, 0.6) is 5.75 Å². The van der Waals surface area contributed by atoms with E-state index < -0.39 is 0 Å². The highest BCUT2D eigenvalue weighted by Crippen LogP contribution is 2.30. The highest BCUT2D eigenvalue weighted by atomic mass is 79.9. The fourth-order valence-electron chi connectivity index (χ4n) is 2.82. The van der Waals surface area contributed by atoms with Crippen molar-refractivity contribution in [2.24, 2.45) is 0 Å². The van der Waals surface area contributed by atoms with Gasteiger partial charge in [0.2, 0.25) is 0 Å². The summed E-state index contributed by atoms with van der Waals surface area (Å²) in [4.78, 5) is 12.5. The topological polar surface area (TPSA) is 38.3 Å². The van der Waals surface area contributed by atoms with E-state index in [1.54, 1.807) is 0 Å². The van der Waals surface area contributed by atoms with Crippen molar-refractivity contribution in [3.8, 4) is 5.75 Å². The average molecular weight is 354 g/mol. The third-order valence-electron chi connectivity index (χ3n) is 3.91. The van der Waals surface area contributed by atoms with Gasteiger partial charge in [0.25, 0.3) is 5.91 Å². The number of carbonyl (C=O) groups is 1. The number of amides is 1. The van der Waals surface area contributed by atoms with E-state index in [0.717, 1.165) is 23.9 Å². The van der Waals surface area contributed by atoms with Gasteiger partial charge in [0.15, 0.2) is 0 Å². The predicted octanol–water partition coefficient (Wildman–Crippen LogP) is 4.30. The van der Waals surface area contributed by atoms with Crippen molar-refractivity contribution in [1.82, 2.24) is 5.32 Å². The zero-order chi connectivity index (χ0) is 15.3. The van der Waals surface area contributed by atoms with Crippen LogP contribution in [0.2, 0.25) is 0 Å². The third-order valence-corrected chi connectivity index (χ3v) is 4.99. The van der Waals surface area contributed by atoms with Crippen molar-refractivity contribution in [3.05, 3.63) is 29.8 Å². The molecular weight excluding hydrogens is 330 g/mol. The number of carbonyl (C=O) groups excluding carboxylic acids is 1. The summed E-state index contributed by atoms with van der Waals surface area (Å²) in [5.74, 6) is 0.736. The lowest BCUT2D eigenvalue weighted by molar-refractivity contribution is 0.0885. The smallest absolute Gasteiger partial charge is 0.251 e. The van der Waals surface area contributed by atoms with Crippen molar-refractivity contribution in [1.29, 1.82) is 0 Å². The molecule has 0 bridgehead atoms. The fraction of sp³-hybridized carbons (Fsp3) is 0.588. The minimum atomic E-state index is -0.0930. The van der Waals surface area contributed by atoms with Crippen molar-refractivity contribution in [3.63, 3.8) is 0 Å². The van der Waals surface area contributed by atoms with Crippen LogP contribution < -0.4 is 10.1 Å². The first kappa shape index (κ1) is 16.3. The summed E-state index contributed by atoms with van der Waals surface area (Å²) in [5, 5.41) is 4.05. The highest BCUT2D eigenvalue weighted by molar-refractivity contribution is 9.09. The Bertz CT molecular complexity index is 481. The number of alkyl halides is 1. The van der Waals surface area contributed by atoms with Gasteiger partial charge in [-0.05, 0) is 44.9 Å². The van der Waals surface area contributed by atoms with Crippen LogP contribution in [0.1, 0.15) is 56.3 Å². The van der Waals surface area contributed by atoms with Crippen LogP contribution >= 0.6 is 15.9 Å². The molecule has 4 heteroatoms. The SMILES string of the molecule is CC(C)Oc1cccc(C(=O)NC2(CBr)CCCCC2)c1. The molecule has 0 aromatic heterocycles. The molecule has 1 aliphatic rings. The number of rotatable bonds is 5. The minimum Gasteiger partial charge on any atom is -0.491 e. The van der Waals surface area contributed by atoms with E-state index in [0.29, 0.717) is 5.56 Å². The molecule has 0 saturated heterocycles. The van der Waals surface area contributed by atoms with Crippen molar-refractivity contribution in [2.45, 2.75) is 57.6 Å². The Balaban J connectivity index is 2.08. The Morgan fingerprint density at radius 2 is 2.05 bits per heavy atom. The summed E-state index contributed by atoms with van der Waals surface area (Å²) in [6, 6.07) is 7.42. The Labute approximate surface area is 135 Å². The quantitative estimate of drug-likeness (QED) is 0.801. The van der Waals surface area contributed by atoms with Gasteiger partial charge in [0, 0.05) is 10.9 Å². The van der Waals surface area contributed by atoms with Crippen LogP contribution in [-0.2, 0) is 0 Å². The molecule has 0 aliphatic heterocycles. The number of halogens is 1. The highest BCUT2D eigenvalue weighted by Gasteiger charge is 2.32. The summed E-state index contributed by atoms with van der Waals surface area (Å²) >= 11 is 3.58. The second kappa shape index (κ2) is 7.30. The number of ether oxygens (including phenoxy) is 1. The van der Waals surface area contributed by atoms with Crippen LogP contribution in [0.3, 0.4) is 0 Å². The maximum atomic E-state index is 12.5. The van der Waals surface area contributed by atoms with Crippen LogP contribution in [0.4, 0.5) is 0 Å². The van der Waals surface area contributed by atoms with E-state index in [4.69, 9.17) is 4.74 Å². The Kier molecular flexibility index (Phi) is 5.68. The van der Waals surface area contributed by atoms with E-state index in [-0.39, 0.29) is 17.6 Å². The van der Waals surface area contributed by atoms with Crippen LogP contribution in [0.25, 0.3) is 0 Å². The zero-order valence-electron chi connectivity index (χ0n) is 12.8. The van der Waals surface area contributed by atoms with Crippen molar-refractivity contribution >= 4 is 21.8 Å². The third kappa shape index (κ3) is 4.47. The maximum absolute atomic E-state index is 12.5. The molecule has 0 unspecified atom stereocenters. The van der Waals surface area contributed by atoms with Gasteiger partial charge in [-0.2, -0.15) is 0 Å². The summed E-state index contributed by atoms with van der Waals surface area (Å²) in [6.45, 7) is 3.96. The molecule has 1 saturated carbocycles. The molecule has 2 rings (SSSR count). The molecule has 0 radical (unpaired) electrons. The molecule has 0 atom stereocenters. The van der Waals surface area contributed by atoms with Gasteiger partial charge in [-0.25, -0.2) is 0 Å². The van der Waals surface area contributed by atoms with Crippen molar-refractivity contribution < 1.29 is 9.53 Å². The first-order valence-corrected chi connectivity index (χ1v) is 8.82. The lowest BCUT2D eigenvalue weighted by Gasteiger charge is -2.36. The first-order valence-electron chi connectivity index (χ1n) is 7.70. The summed E-state index contributed by atoms with van der Waals surface area (Å²) < 4.78 is 5.66. The van der Waals surface area contributed by atoms with Crippen LogP contribution in [0.15, 0.2) is 24.3 Å². The molecule has 1 aromatic carbocycles. The van der Waals surface area contributed by atoms with Crippen LogP contribution in [-0.4, -0.2) is 22.9 Å². The molecule has 116 valence electrons. The van der Waals surface area contributed by atoms with E-state index in [1.807, 2.05) is 38.1 Å². The monoisotopic (exact) mass is 353 g/mol. The van der Waals surface area contributed by atoms with Crippen molar-refractivity contribution in [2.75, 3.05) is 5.33 Å². The molecule has 0 spiro atoms. The van der Waals surface area contributed by atoms with Gasteiger partial charge >= 0.3 is 0 Å². The fourth-order valence-corrected chi connectivity index (χ4v) is 3.52. The Morgan fingerprint density at radius 3 is 2.67 bits per heavy atom. The Hall–Kier alpha value is -1.03. The first-order chi connectivity index (χ1) is 10.0. The van der Waals surface area contributed by atoms with Gasteiger partial charge < -0.3 is 10.1 Å². The lowest BCUT2D eigenvalue weighted by Crippen LogP contribution is -2.51. The summed E-state index contributed by atoms with van der Waals surface area (Å²) in [7, 11) is 0. The molecule has 3 nitrogen and oxygen atoms in total. The number of hydrogen-bond acceptors (Lipinski definition) is 2. The van der Waals surface area contributed by atoms with E-state index >= 15 is 0 Å².